The zero-order chi connectivity index (χ0) is 15.7. The Morgan fingerprint density at radius 2 is 1.90 bits per heavy atom. The van der Waals surface area contributed by atoms with Crippen LogP contribution in [0.5, 0.6) is 5.75 Å². The van der Waals surface area contributed by atoms with Crippen LogP contribution < -0.4 is 4.74 Å². The summed E-state index contributed by atoms with van der Waals surface area (Å²) in [6.07, 6.45) is 4.78. The summed E-state index contributed by atoms with van der Waals surface area (Å²) in [6.45, 7) is 3.88. The first-order valence-electron chi connectivity index (χ1n) is 6.65. The number of carboxylic acids is 1. The Labute approximate surface area is 141 Å². The second kappa shape index (κ2) is 9.97. The highest BCUT2D eigenvalue weighted by molar-refractivity contribution is 9.11. The highest BCUT2D eigenvalue weighted by Gasteiger charge is 2.08. The van der Waals surface area contributed by atoms with Crippen molar-refractivity contribution in [3.63, 3.8) is 0 Å². The van der Waals surface area contributed by atoms with Crippen molar-refractivity contribution in [2.24, 2.45) is 0 Å². The van der Waals surface area contributed by atoms with Gasteiger partial charge in [0.1, 0.15) is 12.4 Å². The summed E-state index contributed by atoms with van der Waals surface area (Å²) in [6, 6.07) is 3.61. The fourth-order valence-corrected chi connectivity index (χ4v) is 2.98. The molecule has 0 bridgehead atoms. The van der Waals surface area contributed by atoms with E-state index in [2.05, 4.69) is 38.8 Å². The molecule has 0 unspecified atom stereocenters. The van der Waals surface area contributed by atoms with Crippen molar-refractivity contribution in [2.45, 2.75) is 19.8 Å². The van der Waals surface area contributed by atoms with Gasteiger partial charge in [0, 0.05) is 12.7 Å². The fourth-order valence-electron chi connectivity index (χ4n) is 1.53. The van der Waals surface area contributed by atoms with E-state index in [1.54, 1.807) is 12.1 Å². The second-order valence-corrected chi connectivity index (χ2v) is 6.01. The normalized spacial score (nSPS) is 11.0. The largest absolute Gasteiger partial charge is 0.489 e. The van der Waals surface area contributed by atoms with Gasteiger partial charge in [0.05, 0.1) is 15.6 Å². The molecule has 1 N–H and O–H groups in total. The molecular formula is C15H18Br2O4. The second-order valence-electron chi connectivity index (χ2n) is 4.30. The number of carbonyl (C=O) groups is 1. The molecule has 0 fully saturated rings. The summed E-state index contributed by atoms with van der Waals surface area (Å²) >= 11 is 6.84. The van der Waals surface area contributed by atoms with Crippen molar-refractivity contribution in [2.75, 3.05) is 19.8 Å². The lowest BCUT2D eigenvalue weighted by molar-refractivity contribution is -0.131. The van der Waals surface area contributed by atoms with Crippen LogP contribution in [0, 0.1) is 0 Å². The van der Waals surface area contributed by atoms with Crippen LogP contribution >= 0.6 is 31.9 Å². The van der Waals surface area contributed by atoms with E-state index >= 15 is 0 Å². The number of benzene rings is 1. The molecule has 0 saturated carbocycles. The van der Waals surface area contributed by atoms with Crippen molar-refractivity contribution in [3.8, 4) is 5.75 Å². The fraction of sp³-hybridized carbons (Fsp3) is 0.400. The molecule has 1 rings (SSSR count). The minimum atomic E-state index is -0.980. The maximum absolute atomic E-state index is 10.5. The smallest absolute Gasteiger partial charge is 0.328 e. The number of unbranched alkanes of at least 4 members (excludes halogenated alkanes) is 1. The van der Waals surface area contributed by atoms with Crippen molar-refractivity contribution < 1.29 is 19.4 Å². The molecule has 0 aliphatic heterocycles. The molecule has 0 aliphatic carbocycles. The first-order chi connectivity index (χ1) is 10.0. The average molecular weight is 422 g/mol. The quantitative estimate of drug-likeness (QED) is 0.471. The zero-order valence-electron chi connectivity index (χ0n) is 11.8. The molecule has 1 aromatic carbocycles. The first kappa shape index (κ1) is 18.2. The predicted molar refractivity (Wildman–Crippen MR) is 89.7 cm³/mol. The van der Waals surface area contributed by atoms with Gasteiger partial charge in [0.15, 0.2) is 0 Å². The van der Waals surface area contributed by atoms with Gasteiger partial charge in [-0.05, 0) is 62.1 Å². The number of halogens is 2. The lowest BCUT2D eigenvalue weighted by Crippen LogP contribution is -2.08. The lowest BCUT2D eigenvalue weighted by Gasteiger charge is -2.11. The van der Waals surface area contributed by atoms with Crippen LogP contribution in [0.25, 0.3) is 6.08 Å². The van der Waals surface area contributed by atoms with E-state index < -0.39 is 5.97 Å². The molecule has 0 saturated heterocycles. The van der Waals surface area contributed by atoms with Gasteiger partial charge in [-0.25, -0.2) is 4.79 Å². The number of hydrogen-bond donors (Lipinski definition) is 1. The van der Waals surface area contributed by atoms with Crippen LogP contribution in [0.4, 0.5) is 0 Å². The van der Waals surface area contributed by atoms with E-state index in [4.69, 9.17) is 14.6 Å². The zero-order valence-corrected chi connectivity index (χ0v) is 14.9. The molecule has 0 aliphatic rings. The minimum Gasteiger partial charge on any atom is -0.489 e. The summed E-state index contributed by atoms with van der Waals surface area (Å²) in [5.74, 6) is -0.298. The molecule has 6 heteroatoms. The van der Waals surface area contributed by atoms with E-state index in [-0.39, 0.29) is 0 Å². The van der Waals surface area contributed by atoms with Gasteiger partial charge < -0.3 is 14.6 Å². The molecule has 0 radical (unpaired) electrons. The van der Waals surface area contributed by atoms with Crippen LogP contribution in [0.15, 0.2) is 27.2 Å². The summed E-state index contributed by atoms with van der Waals surface area (Å²) in [5.41, 5.74) is 0.766. The van der Waals surface area contributed by atoms with Gasteiger partial charge in [0.25, 0.3) is 0 Å². The number of rotatable bonds is 9. The lowest BCUT2D eigenvalue weighted by atomic mass is 10.2. The van der Waals surface area contributed by atoms with Crippen LogP contribution in [0.1, 0.15) is 25.3 Å². The topological polar surface area (TPSA) is 55.8 Å². The van der Waals surface area contributed by atoms with E-state index in [1.807, 2.05) is 0 Å². The SMILES string of the molecule is CCCCOCCOc1c(Br)cc(/C=C/C(=O)O)cc1Br. The number of carboxylic acid groups (broad SMARTS) is 1. The monoisotopic (exact) mass is 420 g/mol. The molecule has 4 nitrogen and oxygen atoms in total. The van der Waals surface area contributed by atoms with Gasteiger partial charge in [-0.15, -0.1) is 0 Å². The van der Waals surface area contributed by atoms with Gasteiger partial charge in [-0.1, -0.05) is 13.3 Å². The van der Waals surface area contributed by atoms with Crippen LogP contribution in [-0.2, 0) is 9.53 Å². The molecular weight excluding hydrogens is 404 g/mol. The Bertz CT molecular complexity index is 477. The van der Waals surface area contributed by atoms with Gasteiger partial charge >= 0.3 is 5.97 Å². The standard InChI is InChI=1S/C15H18Br2O4/c1-2-3-6-20-7-8-21-15-12(16)9-11(10-13(15)17)4-5-14(18)19/h4-5,9-10H,2-3,6-8H2,1H3,(H,18,19)/b5-4+. The van der Waals surface area contributed by atoms with Crippen LogP contribution in [0.2, 0.25) is 0 Å². The van der Waals surface area contributed by atoms with Crippen molar-refractivity contribution >= 4 is 43.9 Å². The van der Waals surface area contributed by atoms with E-state index in [0.717, 1.165) is 40.0 Å². The van der Waals surface area contributed by atoms with Crippen molar-refractivity contribution in [3.05, 3.63) is 32.7 Å². The average Bonchev–Trinajstić information content (AvgIpc) is 2.42. The van der Waals surface area contributed by atoms with E-state index in [9.17, 15) is 4.79 Å². The minimum absolute atomic E-state index is 0.464. The maximum atomic E-state index is 10.5. The Morgan fingerprint density at radius 3 is 2.48 bits per heavy atom. The summed E-state index contributed by atoms with van der Waals surface area (Å²) < 4.78 is 12.6. The number of aliphatic carboxylic acids is 1. The summed E-state index contributed by atoms with van der Waals surface area (Å²) in [7, 11) is 0. The molecule has 0 atom stereocenters. The highest BCUT2D eigenvalue weighted by atomic mass is 79.9. The number of hydrogen-bond acceptors (Lipinski definition) is 3. The molecule has 0 amide bonds. The Hall–Kier alpha value is -0.850. The van der Waals surface area contributed by atoms with Crippen LogP contribution in [-0.4, -0.2) is 30.9 Å². The van der Waals surface area contributed by atoms with Crippen LogP contribution in [0.3, 0.4) is 0 Å². The van der Waals surface area contributed by atoms with Gasteiger partial charge in [-0.2, -0.15) is 0 Å². The molecule has 1 aromatic rings. The third-order valence-electron chi connectivity index (χ3n) is 2.56. The molecule has 116 valence electrons. The Kier molecular flexibility index (Phi) is 8.64. The maximum Gasteiger partial charge on any atom is 0.328 e. The highest BCUT2D eigenvalue weighted by Crippen LogP contribution is 2.35. The summed E-state index contributed by atoms with van der Waals surface area (Å²) in [4.78, 5) is 10.5. The van der Waals surface area contributed by atoms with Crippen molar-refractivity contribution in [1.29, 1.82) is 0 Å². The Morgan fingerprint density at radius 1 is 1.24 bits per heavy atom. The third kappa shape index (κ3) is 7.11. The van der Waals surface area contributed by atoms with Crippen molar-refractivity contribution in [1.82, 2.24) is 0 Å². The first-order valence-corrected chi connectivity index (χ1v) is 8.23. The van der Waals surface area contributed by atoms with E-state index in [1.165, 1.54) is 6.08 Å². The molecule has 0 spiro atoms. The van der Waals surface area contributed by atoms with E-state index in [0.29, 0.717) is 19.0 Å². The number of ether oxygens (including phenoxy) is 2. The molecule has 0 heterocycles. The summed E-state index contributed by atoms with van der Waals surface area (Å²) in [5, 5.41) is 8.62. The van der Waals surface area contributed by atoms with Gasteiger partial charge in [-0.3, -0.25) is 0 Å². The Balaban J connectivity index is 2.57. The molecule has 21 heavy (non-hydrogen) atoms. The van der Waals surface area contributed by atoms with Gasteiger partial charge in [0.2, 0.25) is 0 Å². The predicted octanol–water partition coefficient (Wildman–Crippen LogP) is 4.50. The third-order valence-corrected chi connectivity index (χ3v) is 3.73. The molecule has 0 aromatic heterocycles.